The van der Waals surface area contributed by atoms with E-state index in [1.54, 1.807) is 11.9 Å². The minimum atomic E-state index is -0.479. The summed E-state index contributed by atoms with van der Waals surface area (Å²) in [6.45, 7) is 12.6. The lowest BCUT2D eigenvalue weighted by Crippen LogP contribution is -2.35. The zero-order valence-electron chi connectivity index (χ0n) is 14.3. The van der Waals surface area contributed by atoms with E-state index in [9.17, 15) is 4.79 Å². The highest BCUT2D eigenvalue weighted by atomic mass is 16.6. The third-order valence-corrected chi connectivity index (χ3v) is 3.37. The fourth-order valence-corrected chi connectivity index (χ4v) is 2.00. The van der Waals surface area contributed by atoms with Gasteiger partial charge in [-0.3, -0.25) is 0 Å². The molecule has 1 rings (SSSR count). The Balaban J connectivity index is 2.89. The summed E-state index contributed by atoms with van der Waals surface area (Å²) >= 11 is 0. The number of benzene rings is 1. The van der Waals surface area contributed by atoms with Crippen molar-refractivity contribution in [3.8, 4) is 0 Å². The SMILES string of the molecule is CCNc1cc(C(C)N(C)C(=O)OC(C)(C)C)ccc1C. The summed E-state index contributed by atoms with van der Waals surface area (Å²) in [5.41, 5.74) is 2.92. The number of nitrogens with zero attached hydrogens (tertiary/aromatic N) is 1. The van der Waals surface area contributed by atoms with Crippen molar-refractivity contribution in [3.63, 3.8) is 0 Å². The Kier molecular flexibility index (Phi) is 5.64. The summed E-state index contributed by atoms with van der Waals surface area (Å²) < 4.78 is 5.41. The van der Waals surface area contributed by atoms with Gasteiger partial charge in [-0.25, -0.2) is 4.79 Å². The molecule has 1 unspecified atom stereocenters. The Morgan fingerprint density at radius 3 is 2.52 bits per heavy atom. The Morgan fingerprint density at radius 1 is 1.38 bits per heavy atom. The first-order valence-corrected chi connectivity index (χ1v) is 7.46. The molecule has 4 heteroatoms. The molecule has 1 atom stereocenters. The van der Waals surface area contributed by atoms with Crippen LogP contribution >= 0.6 is 0 Å². The van der Waals surface area contributed by atoms with Gasteiger partial charge in [-0.15, -0.1) is 0 Å². The highest BCUT2D eigenvalue weighted by Gasteiger charge is 2.24. The predicted octanol–water partition coefficient (Wildman–Crippen LogP) is 4.35. The number of carbonyl (C=O) groups excluding carboxylic acids is 1. The number of ether oxygens (including phenoxy) is 1. The largest absolute Gasteiger partial charge is 0.444 e. The van der Waals surface area contributed by atoms with Gasteiger partial charge in [0, 0.05) is 19.3 Å². The molecule has 0 bridgehead atoms. The van der Waals surface area contributed by atoms with Crippen molar-refractivity contribution in [1.29, 1.82) is 0 Å². The second-order valence-electron chi connectivity index (χ2n) is 6.37. The number of rotatable bonds is 4. The fraction of sp³-hybridized carbons (Fsp3) is 0.588. The lowest BCUT2D eigenvalue weighted by molar-refractivity contribution is 0.0234. The minimum absolute atomic E-state index is 0.0437. The van der Waals surface area contributed by atoms with Crippen LogP contribution in [0.15, 0.2) is 18.2 Å². The Bertz CT molecular complexity index is 492. The van der Waals surface area contributed by atoms with E-state index >= 15 is 0 Å². The first-order chi connectivity index (χ1) is 9.65. The number of hydrogen-bond donors (Lipinski definition) is 1. The zero-order valence-corrected chi connectivity index (χ0v) is 14.3. The van der Waals surface area contributed by atoms with Crippen molar-refractivity contribution in [2.75, 3.05) is 18.9 Å². The summed E-state index contributed by atoms with van der Waals surface area (Å²) in [6, 6.07) is 6.19. The van der Waals surface area contributed by atoms with Crippen molar-refractivity contribution < 1.29 is 9.53 Å². The summed E-state index contributed by atoms with van der Waals surface area (Å²) in [6.07, 6.45) is -0.305. The number of nitrogens with one attached hydrogen (secondary N) is 1. The normalized spacial score (nSPS) is 12.7. The maximum Gasteiger partial charge on any atom is 0.410 e. The molecule has 1 aromatic rings. The second kappa shape index (κ2) is 6.83. The zero-order chi connectivity index (χ0) is 16.2. The molecule has 0 aromatic heterocycles. The first-order valence-electron chi connectivity index (χ1n) is 7.46. The maximum absolute atomic E-state index is 12.1. The molecule has 1 amide bonds. The molecule has 0 heterocycles. The first kappa shape index (κ1) is 17.3. The molecule has 0 aliphatic heterocycles. The lowest BCUT2D eigenvalue weighted by atomic mass is 10.0. The van der Waals surface area contributed by atoms with Crippen molar-refractivity contribution in [3.05, 3.63) is 29.3 Å². The van der Waals surface area contributed by atoms with Gasteiger partial charge < -0.3 is 15.0 Å². The van der Waals surface area contributed by atoms with Crippen LogP contribution in [0.3, 0.4) is 0 Å². The minimum Gasteiger partial charge on any atom is -0.444 e. The van der Waals surface area contributed by atoms with Gasteiger partial charge in [-0.05, 0) is 58.7 Å². The molecule has 1 N–H and O–H groups in total. The summed E-state index contributed by atoms with van der Waals surface area (Å²) in [7, 11) is 1.77. The van der Waals surface area contributed by atoms with E-state index < -0.39 is 5.60 Å². The van der Waals surface area contributed by atoms with Gasteiger partial charge in [0.05, 0.1) is 6.04 Å². The molecule has 0 aliphatic rings. The predicted molar refractivity (Wildman–Crippen MR) is 87.8 cm³/mol. The maximum atomic E-state index is 12.1. The van der Waals surface area contributed by atoms with Crippen LogP contribution in [0.2, 0.25) is 0 Å². The van der Waals surface area contributed by atoms with Crippen molar-refractivity contribution in [2.45, 2.75) is 53.2 Å². The molecular weight excluding hydrogens is 264 g/mol. The van der Waals surface area contributed by atoms with E-state index in [0.717, 1.165) is 17.8 Å². The van der Waals surface area contributed by atoms with Crippen LogP contribution in [0.5, 0.6) is 0 Å². The molecular formula is C17H28N2O2. The monoisotopic (exact) mass is 292 g/mol. The Hall–Kier alpha value is -1.71. The summed E-state index contributed by atoms with van der Waals surface area (Å²) in [4.78, 5) is 13.8. The van der Waals surface area contributed by atoms with Crippen LogP contribution in [-0.4, -0.2) is 30.2 Å². The molecule has 0 spiro atoms. The van der Waals surface area contributed by atoms with E-state index in [1.807, 2.05) is 27.7 Å². The van der Waals surface area contributed by atoms with Crippen LogP contribution in [0, 0.1) is 6.92 Å². The highest BCUT2D eigenvalue weighted by molar-refractivity contribution is 5.68. The fourth-order valence-electron chi connectivity index (χ4n) is 2.00. The van der Waals surface area contributed by atoms with Crippen LogP contribution in [0.25, 0.3) is 0 Å². The number of anilines is 1. The number of hydrogen-bond acceptors (Lipinski definition) is 3. The van der Waals surface area contributed by atoms with Gasteiger partial charge in [-0.2, -0.15) is 0 Å². The van der Waals surface area contributed by atoms with Gasteiger partial charge >= 0.3 is 6.09 Å². The topological polar surface area (TPSA) is 41.6 Å². The van der Waals surface area contributed by atoms with E-state index in [-0.39, 0.29) is 12.1 Å². The van der Waals surface area contributed by atoms with Crippen LogP contribution < -0.4 is 5.32 Å². The second-order valence-corrected chi connectivity index (χ2v) is 6.37. The Morgan fingerprint density at radius 2 is 2.00 bits per heavy atom. The lowest BCUT2D eigenvalue weighted by Gasteiger charge is -2.29. The average molecular weight is 292 g/mol. The van der Waals surface area contributed by atoms with E-state index in [2.05, 4.69) is 37.4 Å². The van der Waals surface area contributed by atoms with Gasteiger partial charge in [0.1, 0.15) is 5.60 Å². The number of amides is 1. The molecule has 0 aliphatic carbocycles. The van der Waals surface area contributed by atoms with Crippen LogP contribution in [0.1, 0.15) is 51.8 Å². The summed E-state index contributed by atoms with van der Waals surface area (Å²) in [5.74, 6) is 0. The smallest absolute Gasteiger partial charge is 0.410 e. The average Bonchev–Trinajstić information content (AvgIpc) is 2.38. The third-order valence-electron chi connectivity index (χ3n) is 3.37. The van der Waals surface area contributed by atoms with Gasteiger partial charge in [0.15, 0.2) is 0 Å². The van der Waals surface area contributed by atoms with E-state index in [0.29, 0.717) is 0 Å². The van der Waals surface area contributed by atoms with Gasteiger partial charge in [0.2, 0.25) is 0 Å². The van der Waals surface area contributed by atoms with Gasteiger partial charge in [0.25, 0.3) is 0 Å². The standard InChI is InChI=1S/C17H28N2O2/c1-8-18-15-11-14(10-9-12(15)2)13(3)19(7)16(20)21-17(4,5)6/h9-11,13,18H,8H2,1-7H3. The van der Waals surface area contributed by atoms with E-state index in [4.69, 9.17) is 4.74 Å². The van der Waals surface area contributed by atoms with Crippen LogP contribution in [0.4, 0.5) is 10.5 Å². The van der Waals surface area contributed by atoms with Crippen LogP contribution in [-0.2, 0) is 4.74 Å². The van der Waals surface area contributed by atoms with Crippen molar-refractivity contribution in [1.82, 2.24) is 4.90 Å². The van der Waals surface area contributed by atoms with Crippen molar-refractivity contribution in [2.24, 2.45) is 0 Å². The molecule has 0 radical (unpaired) electrons. The number of carbonyl (C=O) groups is 1. The molecule has 1 aromatic carbocycles. The Labute approximate surface area is 128 Å². The quantitative estimate of drug-likeness (QED) is 0.896. The number of aryl methyl sites for hydroxylation is 1. The third kappa shape index (κ3) is 4.96. The molecule has 0 fully saturated rings. The van der Waals surface area contributed by atoms with E-state index in [1.165, 1.54) is 5.56 Å². The van der Waals surface area contributed by atoms with Gasteiger partial charge in [-0.1, -0.05) is 12.1 Å². The molecule has 4 nitrogen and oxygen atoms in total. The molecule has 21 heavy (non-hydrogen) atoms. The molecule has 0 saturated carbocycles. The molecule has 0 saturated heterocycles. The summed E-state index contributed by atoms with van der Waals surface area (Å²) in [5, 5.41) is 3.34. The highest BCUT2D eigenvalue weighted by Crippen LogP contribution is 2.25. The van der Waals surface area contributed by atoms with Crippen molar-refractivity contribution >= 4 is 11.8 Å². The molecule has 118 valence electrons.